The summed E-state index contributed by atoms with van der Waals surface area (Å²) in [6.07, 6.45) is 5.56. The third-order valence-corrected chi connectivity index (χ3v) is 6.84. The fourth-order valence-electron chi connectivity index (χ4n) is 4.77. The van der Waals surface area contributed by atoms with Crippen molar-refractivity contribution in [3.05, 3.63) is 75.9 Å². The Morgan fingerprint density at radius 3 is 2.43 bits per heavy atom. The number of halogens is 1. The first-order chi connectivity index (χ1) is 20.1. The van der Waals surface area contributed by atoms with Gasteiger partial charge in [-0.05, 0) is 81.1 Å². The van der Waals surface area contributed by atoms with Gasteiger partial charge in [-0.15, -0.1) is 0 Å². The molecule has 5 N–H and O–H groups in total. The number of H-pyrrole nitrogens is 1. The van der Waals surface area contributed by atoms with Crippen LogP contribution >= 0.6 is 0 Å². The molecule has 0 spiro atoms. The molecular weight excluding hydrogens is 533 g/mol. The molecule has 1 aromatic heterocycles. The molecule has 3 amide bonds. The lowest BCUT2D eigenvalue weighted by Gasteiger charge is -2.11. The maximum atomic E-state index is 13.8. The van der Waals surface area contributed by atoms with Gasteiger partial charge in [0.1, 0.15) is 5.82 Å². The second-order valence-corrected chi connectivity index (χ2v) is 10.5. The van der Waals surface area contributed by atoms with Crippen LogP contribution in [-0.4, -0.2) is 36.3 Å². The predicted octanol–water partition coefficient (Wildman–Crippen LogP) is 6.96. The minimum absolute atomic E-state index is 0.0408. The van der Waals surface area contributed by atoms with E-state index < -0.39 is 5.82 Å². The molecule has 2 aromatic carbocycles. The number of aromatic nitrogens is 1. The zero-order chi connectivity index (χ0) is 30.8. The number of aryl methyl sites for hydroxylation is 2. The van der Waals surface area contributed by atoms with Crippen molar-refractivity contribution in [3.8, 4) is 0 Å². The number of hydrogen-bond acceptors (Lipinski definition) is 4. The van der Waals surface area contributed by atoms with E-state index in [4.69, 9.17) is 0 Å². The van der Waals surface area contributed by atoms with Crippen molar-refractivity contribution in [1.29, 1.82) is 0 Å². The monoisotopic (exact) mass is 575 g/mol. The molecule has 0 unspecified atom stereocenters. The maximum Gasteiger partial charge on any atom is 0.256 e. The summed E-state index contributed by atoms with van der Waals surface area (Å²) >= 11 is 0. The lowest BCUT2D eigenvalue weighted by Crippen LogP contribution is -2.25. The van der Waals surface area contributed by atoms with Gasteiger partial charge in [0, 0.05) is 42.7 Å². The van der Waals surface area contributed by atoms with Crippen molar-refractivity contribution < 1.29 is 18.8 Å². The Bertz CT molecular complexity index is 1470. The van der Waals surface area contributed by atoms with Crippen molar-refractivity contribution in [2.24, 2.45) is 0 Å². The number of benzene rings is 2. The van der Waals surface area contributed by atoms with Gasteiger partial charge in [0.05, 0.1) is 22.5 Å². The van der Waals surface area contributed by atoms with E-state index in [1.165, 1.54) is 24.6 Å². The lowest BCUT2D eigenvalue weighted by molar-refractivity contribution is -0.116. The van der Waals surface area contributed by atoms with Crippen molar-refractivity contribution in [3.63, 3.8) is 0 Å². The number of carbonyl (C=O) groups excluding carboxylic acids is 3. The maximum absolute atomic E-state index is 13.8. The van der Waals surface area contributed by atoms with Crippen LogP contribution in [0.5, 0.6) is 0 Å². The van der Waals surface area contributed by atoms with Gasteiger partial charge in [0.15, 0.2) is 0 Å². The van der Waals surface area contributed by atoms with Gasteiger partial charge >= 0.3 is 0 Å². The van der Waals surface area contributed by atoms with Crippen LogP contribution in [0.15, 0.2) is 36.4 Å². The van der Waals surface area contributed by atoms with E-state index in [2.05, 4.69) is 40.1 Å². The van der Waals surface area contributed by atoms with Crippen molar-refractivity contribution in [2.75, 3.05) is 29.5 Å². The molecule has 2 heterocycles. The van der Waals surface area contributed by atoms with E-state index in [1.54, 1.807) is 13.0 Å². The second-order valence-electron chi connectivity index (χ2n) is 10.5. The molecule has 0 radical (unpaired) electrons. The predicted molar refractivity (Wildman–Crippen MR) is 169 cm³/mol. The summed E-state index contributed by atoms with van der Waals surface area (Å²) in [6.45, 7) is 10.4. The highest BCUT2D eigenvalue weighted by Crippen LogP contribution is 2.34. The lowest BCUT2D eigenvalue weighted by atomic mass is 10.0. The Morgan fingerprint density at radius 1 is 0.976 bits per heavy atom. The fraction of sp³-hybridized carbons (Fsp3) is 0.364. The summed E-state index contributed by atoms with van der Waals surface area (Å²) < 4.78 is 13.8. The number of aromatic amines is 1. The summed E-state index contributed by atoms with van der Waals surface area (Å²) in [4.78, 5) is 40.9. The Kier molecular flexibility index (Phi) is 11.5. The molecular formula is C33H42FN5O3. The molecule has 0 atom stereocenters. The van der Waals surface area contributed by atoms with E-state index >= 15 is 0 Å². The Labute approximate surface area is 247 Å². The van der Waals surface area contributed by atoms with Gasteiger partial charge in [-0.3, -0.25) is 14.4 Å². The van der Waals surface area contributed by atoms with Gasteiger partial charge in [0.2, 0.25) is 5.91 Å². The topological polar surface area (TPSA) is 115 Å². The zero-order valence-electron chi connectivity index (χ0n) is 25.4. The van der Waals surface area contributed by atoms with E-state index in [-0.39, 0.29) is 17.7 Å². The summed E-state index contributed by atoms with van der Waals surface area (Å²) in [6, 6.07) is 9.99. The number of amides is 3. The normalized spacial score (nSPS) is 12.7. The standard InChI is InChI=1S/C30H34FN5O3.C3H8/c1-17-9-11-24(26(14-17)32-4)35-27(37)8-6-5-7-13-33-30(39)28-18(2)25(34-19(28)3)16-22-21-15-20(31)10-12-23(21)36-29(22)38;1-3-2/h9-12,14-16,32,34H,5-8,13H2,1-4H3,(H,33,39)(H,35,37)(H,36,38);3H2,1-2H3/b22-16-;. The van der Waals surface area contributed by atoms with Crippen LogP contribution in [0, 0.1) is 26.6 Å². The number of anilines is 3. The summed E-state index contributed by atoms with van der Waals surface area (Å²) in [5.74, 6) is -0.987. The molecule has 4 rings (SSSR count). The van der Waals surface area contributed by atoms with Crippen LogP contribution in [0.1, 0.15) is 84.4 Å². The Hall–Kier alpha value is -4.40. The largest absolute Gasteiger partial charge is 0.386 e. The first-order valence-electron chi connectivity index (χ1n) is 14.5. The quantitative estimate of drug-likeness (QED) is 0.133. The van der Waals surface area contributed by atoms with Crippen molar-refractivity contribution in [1.82, 2.24) is 10.3 Å². The number of fused-ring (bicyclic) bond motifs is 1. The SMILES string of the molecule is CCC.CNc1cc(C)ccc1NC(=O)CCCCCNC(=O)c1c(C)[nH]c(/C=C2\C(=O)Nc3ccc(F)cc32)c1C. The van der Waals surface area contributed by atoms with Gasteiger partial charge in [-0.25, -0.2) is 4.39 Å². The van der Waals surface area contributed by atoms with E-state index in [0.29, 0.717) is 58.7 Å². The van der Waals surface area contributed by atoms with E-state index in [9.17, 15) is 18.8 Å². The highest BCUT2D eigenvalue weighted by atomic mass is 19.1. The molecule has 3 aromatic rings. The van der Waals surface area contributed by atoms with Gasteiger partial charge in [-0.1, -0.05) is 32.8 Å². The molecule has 0 saturated carbocycles. The van der Waals surface area contributed by atoms with Crippen LogP contribution in [0.25, 0.3) is 11.6 Å². The molecule has 224 valence electrons. The van der Waals surface area contributed by atoms with Crippen molar-refractivity contribution >= 4 is 46.4 Å². The van der Waals surface area contributed by atoms with Crippen LogP contribution in [0.3, 0.4) is 0 Å². The smallest absolute Gasteiger partial charge is 0.256 e. The zero-order valence-corrected chi connectivity index (χ0v) is 25.4. The van der Waals surface area contributed by atoms with Gasteiger partial charge in [-0.2, -0.15) is 0 Å². The van der Waals surface area contributed by atoms with Crippen LogP contribution in [0.4, 0.5) is 21.5 Å². The van der Waals surface area contributed by atoms with Crippen molar-refractivity contribution in [2.45, 2.75) is 66.7 Å². The van der Waals surface area contributed by atoms with Crippen LogP contribution < -0.4 is 21.3 Å². The summed E-state index contributed by atoms with van der Waals surface area (Å²) in [5.41, 5.74) is 6.69. The molecule has 0 aliphatic carbocycles. The Morgan fingerprint density at radius 2 is 1.71 bits per heavy atom. The second kappa shape index (κ2) is 15.0. The summed E-state index contributed by atoms with van der Waals surface area (Å²) in [5, 5.41) is 11.7. The Balaban J connectivity index is 0.00000155. The average molecular weight is 576 g/mol. The minimum Gasteiger partial charge on any atom is -0.386 e. The third-order valence-electron chi connectivity index (χ3n) is 6.84. The molecule has 0 fully saturated rings. The van der Waals surface area contributed by atoms with Gasteiger partial charge in [0.25, 0.3) is 11.8 Å². The molecule has 1 aliphatic rings. The third kappa shape index (κ3) is 8.09. The number of nitrogens with one attached hydrogen (secondary N) is 5. The number of unbranched alkanes of at least 4 members (excludes halogenated alkanes) is 2. The van der Waals surface area contributed by atoms with E-state index in [0.717, 1.165) is 29.8 Å². The van der Waals surface area contributed by atoms with Crippen LogP contribution in [0.2, 0.25) is 0 Å². The molecule has 1 aliphatic heterocycles. The molecule has 8 nitrogen and oxygen atoms in total. The van der Waals surface area contributed by atoms with Crippen LogP contribution in [-0.2, 0) is 9.59 Å². The highest BCUT2D eigenvalue weighted by Gasteiger charge is 2.26. The minimum atomic E-state index is -0.426. The molecule has 42 heavy (non-hydrogen) atoms. The van der Waals surface area contributed by atoms with E-state index in [1.807, 2.05) is 39.1 Å². The fourth-order valence-corrected chi connectivity index (χ4v) is 4.77. The number of hydrogen-bond donors (Lipinski definition) is 5. The van der Waals surface area contributed by atoms with Gasteiger partial charge < -0.3 is 26.3 Å². The molecule has 9 heteroatoms. The first kappa shape index (κ1) is 32.1. The highest BCUT2D eigenvalue weighted by molar-refractivity contribution is 6.34. The first-order valence-corrected chi connectivity index (χ1v) is 14.5. The number of carbonyl (C=O) groups is 3. The molecule has 0 bridgehead atoms. The molecule has 0 saturated heterocycles. The number of rotatable bonds is 10. The average Bonchev–Trinajstić information content (AvgIpc) is 3.41. The summed E-state index contributed by atoms with van der Waals surface area (Å²) in [7, 11) is 1.82.